The van der Waals surface area contributed by atoms with E-state index in [1.807, 2.05) is 11.8 Å². The van der Waals surface area contributed by atoms with E-state index >= 15 is 0 Å². The average molecular weight is 286 g/mol. The van der Waals surface area contributed by atoms with E-state index in [1.165, 1.54) is 24.3 Å². The van der Waals surface area contributed by atoms with Gasteiger partial charge < -0.3 is 9.64 Å². The molecular weight excluding hydrogens is 270 g/mol. The second-order valence-electron chi connectivity index (χ2n) is 4.77. The summed E-state index contributed by atoms with van der Waals surface area (Å²) in [5, 5.41) is 0.282. The quantitative estimate of drug-likeness (QED) is 0.741. The third-order valence-electron chi connectivity index (χ3n) is 3.76. The van der Waals surface area contributed by atoms with Crippen molar-refractivity contribution in [2.75, 3.05) is 30.1 Å². The van der Waals surface area contributed by atoms with E-state index in [1.54, 1.807) is 6.20 Å². The summed E-state index contributed by atoms with van der Waals surface area (Å²) < 4.78 is 5.78. The van der Waals surface area contributed by atoms with Crippen LogP contribution >= 0.6 is 23.4 Å². The van der Waals surface area contributed by atoms with Gasteiger partial charge in [0.1, 0.15) is 6.61 Å². The predicted octanol–water partition coefficient (Wildman–Crippen LogP) is 2.47. The predicted molar refractivity (Wildman–Crippen MR) is 74.8 cm³/mol. The molecule has 1 saturated heterocycles. The summed E-state index contributed by atoms with van der Waals surface area (Å²) in [5.74, 6) is 4.77. The van der Waals surface area contributed by atoms with Crippen molar-refractivity contribution in [2.24, 2.45) is 5.92 Å². The molecular formula is C12H16ClN3OS. The van der Waals surface area contributed by atoms with Gasteiger partial charge in [-0.25, -0.2) is 4.98 Å². The zero-order chi connectivity index (χ0) is 12.5. The second kappa shape index (κ2) is 5.13. The van der Waals surface area contributed by atoms with Crippen LogP contribution in [0.2, 0.25) is 5.28 Å². The van der Waals surface area contributed by atoms with Gasteiger partial charge >= 0.3 is 0 Å². The minimum atomic E-state index is 0.282. The Morgan fingerprint density at radius 2 is 2.22 bits per heavy atom. The summed E-state index contributed by atoms with van der Waals surface area (Å²) in [7, 11) is 2.08. The third-order valence-corrected chi connectivity index (χ3v) is 4.99. The lowest BCUT2D eigenvalue weighted by atomic mass is 9.92. The fourth-order valence-electron chi connectivity index (χ4n) is 2.69. The molecule has 1 unspecified atom stereocenters. The van der Waals surface area contributed by atoms with Gasteiger partial charge in [-0.2, -0.15) is 16.7 Å². The monoisotopic (exact) mass is 285 g/mol. The van der Waals surface area contributed by atoms with Crippen LogP contribution in [0.3, 0.4) is 0 Å². The van der Waals surface area contributed by atoms with Gasteiger partial charge in [0.05, 0.1) is 12.2 Å². The van der Waals surface area contributed by atoms with Crippen LogP contribution < -0.4 is 9.64 Å². The molecule has 0 bridgehead atoms. The first-order valence-corrected chi connectivity index (χ1v) is 7.75. The van der Waals surface area contributed by atoms with Gasteiger partial charge in [0.15, 0.2) is 11.6 Å². The van der Waals surface area contributed by atoms with E-state index < -0.39 is 0 Å². The standard InChI is InChI=1S/C12H16ClN3OS/c1-16-9(8-2-4-18-5-3-8)7-17-10-6-14-12(13)15-11(10)16/h6,8-9H,2-5,7H2,1H3. The molecule has 1 atom stereocenters. The molecule has 0 saturated carbocycles. The molecule has 0 aliphatic carbocycles. The molecule has 98 valence electrons. The number of rotatable bonds is 1. The molecule has 3 heterocycles. The van der Waals surface area contributed by atoms with Gasteiger partial charge in [0.25, 0.3) is 0 Å². The van der Waals surface area contributed by atoms with Crippen LogP contribution in [0.5, 0.6) is 5.75 Å². The largest absolute Gasteiger partial charge is 0.486 e. The summed E-state index contributed by atoms with van der Waals surface area (Å²) in [4.78, 5) is 10.5. The van der Waals surface area contributed by atoms with E-state index in [2.05, 4.69) is 21.9 Å². The average Bonchev–Trinajstić information content (AvgIpc) is 2.41. The Kier molecular flexibility index (Phi) is 3.52. The molecule has 1 aromatic heterocycles. The van der Waals surface area contributed by atoms with Gasteiger partial charge in [-0.3, -0.25) is 0 Å². The number of fused-ring (bicyclic) bond motifs is 1. The third kappa shape index (κ3) is 2.26. The maximum Gasteiger partial charge on any atom is 0.224 e. The summed E-state index contributed by atoms with van der Waals surface area (Å²) in [6.07, 6.45) is 4.18. The van der Waals surface area contributed by atoms with E-state index in [4.69, 9.17) is 16.3 Å². The fourth-order valence-corrected chi connectivity index (χ4v) is 3.96. The molecule has 0 spiro atoms. The Balaban J connectivity index is 1.83. The SMILES string of the molecule is CN1c2nc(Cl)ncc2OCC1C1CCSCC1. The van der Waals surface area contributed by atoms with E-state index in [-0.39, 0.29) is 5.28 Å². The van der Waals surface area contributed by atoms with Gasteiger partial charge in [-0.15, -0.1) is 0 Å². The molecule has 0 N–H and O–H groups in total. The molecule has 0 amide bonds. The lowest BCUT2D eigenvalue weighted by molar-refractivity contribution is 0.214. The lowest BCUT2D eigenvalue weighted by Crippen LogP contribution is -2.47. The smallest absolute Gasteiger partial charge is 0.224 e. The van der Waals surface area contributed by atoms with Gasteiger partial charge in [-0.05, 0) is 41.9 Å². The number of hydrogen-bond donors (Lipinski definition) is 0. The van der Waals surface area contributed by atoms with Crippen molar-refractivity contribution in [1.82, 2.24) is 9.97 Å². The van der Waals surface area contributed by atoms with Crippen LogP contribution in [-0.2, 0) is 0 Å². The number of anilines is 1. The molecule has 3 rings (SSSR count). The molecule has 0 radical (unpaired) electrons. The maximum atomic E-state index is 5.87. The topological polar surface area (TPSA) is 38.2 Å². The molecule has 0 aromatic carbocycles. The van der Waals surface area contributed by atoms with Crippen molar-refractivity contribution in [3.8, 4) is 5.75 Å². The Labute approximate surface area is 116 Å². The highest BCUT2D eigenvalue weighted by molar-refractivity contribution is 7.99. The van der Waals surface area contributed by atoms with Crippen molar-refractivity contribution < 1.29 is 4.74 Å². The molecule has 6 heteroatoms. The zero-order valence-electron chi connectivity index (χ0n) is 10.3. The lowest BCUT2D eigenvalue weighted by Gasteiger charge is -2.40. The number of hydrogen-bond acceptors (Lipinski definition) is 5. The molecule has 2 aliphatic heterocycles. The minimum absolute atomic E-state index is 0.282. The van der Waals surface area contributed by atoms with Crippen molar-refractivity contribution in [2.45, 2.75) is 18.9 Å². The number of thioether (sulfide) groups is 1. The van der Waals surface area contributed by atoms with Crippen molar-refractivity contribution in [3.05, 3.63) is 11.5 Å². The van der Waals surface area contributed by atoms with E-state index in [9.17, 15) is 0 Å². The van der Waals surface area contributed by atoms with Crippen LogP contribution in [0.4, 0.5) is 5.82 Å². The molecule has 1 fully saturated rings. The fraction of sp³-hybridized carbons (Fsp3) is 0.667. The molecule has 2 aliphatic rings. The Bertz CT molecular complexity index is 439. The number of nitrogens with zero attached hydrogens (tertiary/aromatic N) is 3. The van der Waals surface area contributed by atoms with Crippen LogP contribution in [-0.4, -0.2) is 41.2 Å². The van der Waals surface area contributed by atoms with Crippen LogP contribution in [0.1, 0.15) is 12.8 Å². The van der Waals surface area contributed by atoms with Crippen molar-refractivity contribution in [3.63, 3.8) is 0 Å². The number of ether oxygens (including phenoxy) is 1. The summed E-state index contributed by atoms with van der Waals surface area (Å²) >= 11 is 7.91. The van der Waals surface area contributed by atoms with Crippen molar-refractivity contribution in [1.29, 1.82) is 0 Å². The van der Waals surface area contributed by atoms with E-state index in [0.717, 1.165) is 18.2 Å². The first-order valence-electron chi connectivity index (χ1n) is 6.21. The molecule has 1 aromatic rings. The maximum absolute atomic E-state index is 5.87. The zero-order valence-corrected chi connectivity index (χ0v) is 11.9. The number of halogens is 1. The first kappa shape index (κ1) is 12.4. The first-order chi connectivity index (χ1) is 8.75. The highest BCUT2D eigenvalue weighted by atomic mass is 35.5. The Morgan fingerprint density at radius 1 is 1.44 bits per heavy atom. The summed E-state index contributed by atoms with van der Waals surface area (Å²) in [6.45, 7) is 0.726. The Morgan fingerprint density at radius 3 is 3.00 bits per heavy atom. The minimum Gasteiger partial charge on any atom is -0.486 e. The normalized spacial score (nSPS) is 24.6. The van der Waals surface area contributed by atoms with Crippen LogP contribution in [0.15, 0.2) is 6.20 Å². The van der Waals surface area contributed by atoms with Gasteiger partial charge in [0.2, 0.25) is 5.28 Å². The van der Waals surface area contributed by atoms with Gasteiger partial charge in [0, 0.05) is 7.05 Å². The van der Waals surface area contributed by atoms with Crippen LogP contribution in [0.25, 0.3) is 0 Å². The number of aromatic nitrogens is 2. The summed E-state index contributed by atoms with van der Waals surface area (Å²) in [6, 6.07) is 0.407. The highest BCUT2D eigenvalue weighted by Gasteiger charge is 2.33. The van der Waals surface area contributed by atoms with Crippen molar-refractivity contribution >= 4 is 29.2 Å². The number of likely N-dealkylation sites (N-methyl/N-ethyl adjacent to an activating group) is 1. The molecule has 4 nitrogen and oxygen atoms in total. The van der Waals surface area contributed by atoms with Gasteiger partial charge in [-0.1, -0.05) is 0 Å². The second-order valence-corrected chi connectivity index (χ2v) is 6.33. The highest BCUT2D eigenvalue weighted by Crippen LogP contribution is 2.36. The summed E-state index contributed by atoms with van der Waals surface area (Å²) in [5.41, 5.74) is 0. The Hall–Kier alpha value is -0.680. The van der Waals surface area contributed by atoms with Crippen LogP contribution in [0, 0.1) is 5.92 Å². The van der Waals surface area contributed by atoms with E-state index in [0.29, 0.717) is 12.0 Å². The molecule has 18 heavy (non-hydrogen) atoms.